The van der Waals surface area contributed by atoms with Crippen LogP contribution >= 0.6 is 11.3 Å². The summed E-state index contributed by atoms with van der Waals surface area (Å²) in [7, 11) is 0. The van der Waals surface area contributed by atoms with Gasteiger partial charge in [0.15, 0.2) is 0 Å². The van der Waals surface area contributed by atoms with Crippen LogP contribution in [0, 0.1) is 5.92 Å². The minimum absolute atomic E-state index is 0.496. The monoisotopic (exact) mass is 263 g/mol. The molecular formula is C13H17N3OS. The van der Waals surface area contributed by atoms with Crippen molar-refractivity contribution in [1.29, 1.82) is 0 Å². The van der Waals surface area contributed by atoms with Crippen molar-refractivity contribution in [2.75, 3.05) is 24.7 Å². The number of anilines is 2. The van der Waals surface area contributed by atoms with E-state index in [-0.39, 0.29) is 0 Å². The molecule has 1 aliphatic rings. The van der Waals surface area contributed by atoms with E-state index in [0.29, 0.717) is 5.82 Å². The lowest BCUT2D eigenvalue weighted by Gasteiger charge is -2.21. The highest BCUT2D eigenvalue weighted by molar-refractivity contribution is 7.19. The predicted octanol–water partition coefficient (Wildman–Crippen LogP) is 2.43. The fraction of sp³-hybridized carbons (Fsp3) is 0.462. The third-order valence-corrected chi connectivity index (χ3v) is 4.61. The Morgan fingerprint density at radius 2 is 2.06 bits per heavy atom. The summed E-state index contributed by atoms with van der Waals surface area (Å²) in [5, 5.41) is 0. The number of hydrogen-bond acceptors (Lipinski definition) is 5. The number of pyridine rings is 1. The van der Waals surface area contributed by atoms with Crippen LogP contribution in [-0.4, -0.2) is 18.2 Å². The van der Waals surface area contributed by atoms with Crippen LogP contribution in [0.15, 0.2) is 12.1 Å². The molecular weight excluding hydrogens is 246 g/mol. The second-order valence-electron chi connectivity index (χ2n) is 4.82. The Hall–Kier alpha value is -1.33. The average Bonchev–Trinajstić information content (AvgIpc) is 2.73. The maximum atomic E-state index is 5.97. The van der Waals surface area contributed by atoms with E-state index in [1.807, 2.05) is 0 Å². The zero-order chi connectivity index (χ0) is 12.5. The molecule has 1 fully saturated rings. The standard InChI is InChI=1S/C13H17N3OS/c14-10-7-12(15)16-11-6-9(18-13(10)11)5-8-1-3-17-4-2-8/h6-8H,1-5H2,(H4,14,15,16). The summed E-state index contributed by atoms with van der Waals surface area (Å²) in [5.41, 5.74) is 13.4. The van der Waals surface area contributed by atoms with Crippen molar-refractivity contribution in [2.24, 2.45) is 5.92 Å². The maximum absolute atomic E-state index is 5.97. The van der Waals surface area contributed by atoms with Gasteiger partial charge >= 0.3 is 0 Å². The minimum Gasteiger partial charge on any atom is -0.397 e. The molecule has 0 unspecified atom stereocenters. The van der Waals surface area contributed by atoms with Crippen LogP contribution < -0.4 is 11.5 Å². The van der Waals surface area contributed by atoms with Gasteiger partial charge in [-0.05, 0) is 31.2 Å². The normalized spacial score (nSPS) is 17.3. The van der Waals surface area contributed by atoms with Gasteiger partial charge in [-0.1, -0.05) is 0 Å². The molecule has 18 heavy (non-hydrogen) atoms. The molecule has 2 aromatic heterocycles. The molecule has 4 N–H and O–H groups in total. The third-order valence-electron chi connectivity index (χ3n) is 3.41. The molecule has 0 aliphatic carbocycles. The molecule has 4 nitrogen and oxygen atoms in total. The molecule has 2 aromatic rings. The number of hydrogen-bond donors (Lipinski definition) is 2. The largest absolute Gasteiger partial charge is 0.397 e. The lowest BCUT2D eigenvalue weighted by atomic mass is 9.96. The highest BCUT2D eigenvalue weighted by atomic mass is 32.1. The van der Waals surface area contributed by atoms with E-state index in [4.69, 9.17) is 16.2 Å². The molecule has 0 saturated carbocycles. The molecule has 1 saturated heterocycles. The number of aromatic nitrogens is 1. The summed E-state index contributed by atoms with van der Waals surface area (Å²) in [5.74, 6) is 1.22. The van der Waals surface area contributed by atoms with Crippen molar-refractivity contribution in [3.05, 3.63) is 17.0 Å². The molecule has 0 atom stereocenters. The second-order valence-corrected chi connectivity index (χ2v) is 5.96. The number of fused-ring (bicyclic) bond motifs is 1. The lowest BCUT2D eigenvalue weighted by Crippen LogP contribution is -2.17. The van der Waals surface area contributed by atoms with Gasteiger partial charge in [-0.15, -0.1) is 11.3 Å². The third kappa shape index (κ3) is 2.28. The Morgan fingerprint density at radius 1 is 1.28 bits per heavy atom. The molecule has 1 aliphatic heterocycles. The highest BCUT2D eigenvalue weighted by Crippen LogP contribution is 2.33. The van der Waals surface area contributed by atoms with Gasteiger partial charge in [0.05, 0.1) is 15.9 Å². The average molecular weight is 263 g/mol. The van der Waals surface area contributed by atoms with E-state index in [1.54, 1.807) is 17.4 Å². The highest BCUT2D eigenvalue weighted by Gasteiger charge is 2.16. The first-order valence-electron chi connectivity index (χ1n) is 6.24. The van der Waals surface area contributed by atoms with Crippen LogP contribution in [0.4, 0.5) is 11.5 Å². The van der Waals surface area contributed by atoms with Gasteiger partial charge in [-0.3, -0.25) is 0 Å². The van der Waals surface area contributed by atoms with Gasteiger partial charge in [0.1, 0.15) is 5.82 Å². The number of thiophene rings is 1. The van der Waals surface area contributed by atoms with Crippen molar-refractivity contribution < 1.29 is 4.74 Å². The first kappa shape index (κ1) is 11.7. The topological polar surface area (TPSA) is 74.2 Å². The molecule has 5 heteroatoms. The summed E-state index contributed by atoms with van der Waals surface area (Å²) in [6.07, 6.45) is 3.41. The summed E-state index contributed by atoms with van der Waals surface area (Å²) in [6, 6.07) is 3.86. The van der Waals surface area contributed by atoms with Crippen molar-refractivity contribution in [2.45, 2.75) is 19.3 Å². The van der Waals surface area contributed by atoms with Crippen molar-refractivity contribution in [1.82, 2.24) is 4.98 Å². The zero-order valence-corrected chi connectivity index (χ0v) is 11.0. The number of nitrogen functional groups attached to an aromatic ring is 2. The fourth-order valence-corrected chi connectivity index (χ4v) is 3.59. The van der Waals surface area contributed by atoms with E-state index in [1.165, 1.54) is 4.88 Å². The van der Waals surface area contributed by atoms with Crippen LogP contribution in [0.25, 0.3) is 10.2 Å². The van der Waals surface area contributed by atoms with Crippen LogP contribution in [0.3, 0.4) is 0 Å². The Kier molecular flexibility index (Phi) is 3.09. The molecule has 3 rings (SSSR count). The van der Waals surface area contributed by atoms with Gasteiger partial charge in [0.2, 0.25) is 0 Å². The van der Waals surface area contributed by atoms with E-state index in [9.17, 15) is 0 Å². The van der Waals surface area contributed by atoms with Crippen LogP contribution in [0.5, 0.6) is 0 Å². The molecule has 0 radical (unpaired) electrons. The van der Waals surface area contributed by atoms with E-state index in [0.717, 1.165) is 54.3 Å². The van der Waals surface area contributed by atoms with Gasteiger partial charge in [0.25, 0.3) is 0 Å². The van der Waals surface area contributed by atoms with Crippen LogP contribution in [-0.2, 0) is 11.2 Å². The summed E-state index contributed by atoms with van der Waals surface area (Å²) < 4.78 is 6.45. The Bertz CT molecular complexity index is 561. The maximum Gasteiger partial charge on any atom is 0.126 e. The predicted molar refractivity (Wildman–Crippen MR) is 75.7 cm³/mol. The Morgan fingerprint density at radius 3 is 2.83 bits per heavy atom. The van der Waals surface area contributed by atoms with Crippen molar-refractivity contribution in [3.63, 3.8) is 0 Å². The fourth-order valence-electron chi connectivity index (χ4n) is 2.45. The van der Waals surface area contributed by atoms with E-state index >= 15 is 0 Å². The van der Waals surface area contributed by atoms with Gasteiger partial charge in [-0.2, -0.15) is 0 Å². The van der Waals surface area contributed by atoms with Gasteiger partial charge in [-0.25, -0.2) is 4.98 Å². The number of rotatable bonds is 2. The van der Waals surface area contributed by atoms with Crippen molar-refractivity contribution in [3.8, 4) is 0 Å². The quantitative estimate of drug-likeness (QED) is 0.872. The van der Waals surface area contributed by atoms with Crippen LogP contribution in [0.2, 0.25) is 0 Å². The smallest absolute Gasteiger partial charge is 0.126 e. The first-order valence-corrected chi connectivity index (χ1v) is 7.06. The summed E-state index contributed by atoms with van der Waals surface area (Å²) in [6.45, 7) is 1.78. The van der Waals surface area contributed by atoms with Crippen molar-refractivity contribution >= 4 is 33.1 Å². The zero-order valence-electron chi connectivity index (χ0n) is 10.2. The molecule has 0 aromatic carbocycles. The molecule has 3 heterocycles. The molecule has 0 bridgehead atoms. The number of nitrogens with two attached hydrogens (primary N) is 2. The number of nitrogens with zero attached hydrogens (tertiary/aromatic N) is 1. The Balaban J connectivity index is 1.86. The number of ether oxygens (including phenoxy) is 1. The molecule has 96 valence electrons. The summed E-state index contributed by atoms with van der Waals surface area (Å²) >= 11 is 1.74. The molecule has 0 spiro atoms. The Labute approximate surface area is 110 Å². The van der Waals surface area contributed by atoms with Gasteiger partial charge < -0.3 is 16.2 Å². The van der Waals surface area contributed by atoms with E-state index < -0.39 is 0 Å². The summed E-state index contributed by atoms with van der Waals surface area (Å²) in [4.78, 5) is 5.68. The SMILES string of the molecule is Nc1cc(N)c2sc(CC3CCOCC3)cc2n1. The lowest BCUT2D eigenvalue weighted by molar-refractivity contribution is 0.0667. The molecule has 0 amide bonds. The minimum atomic E-state index is 0.496. The van der Waals surface area contributed by atoms with Crippen LogP contribution in [0.1, 0.15) is 17.7 Å². The van der Waals surface area contributed by atoms with E-state index in [2.05, 4.69) is 11.1 Å². The first-order chi connectivity index (χ1) is 8.72. The second kappa shape index (κ2) is 4.74. The van der Waals surface area contributed by atoms with Gasteiger partial charge in [0, 0.05) is 24.2 Å².